The summed E-state index contributed by atoms with van der Waals surface area (Å²) < 4.78 is 52.2. The minimum atomic E-state index is -2.92. The van der Waals surface area contributed by atoms with E-state index < -0.39 is 17.8 Å². The fourth-order valence-corrected chi connectivity index (χ4v) is 3.69. The molecule has 0 amide bonds. The van der Waals surface area contributed by atoms with E-state index in [1.54, 1.807) is 13.0 Å². The number of ether oxygens (including phenoxy) is 3. The molecule has 1 N–H and O–H groups in total. The Labute approximate surface area is 156 Å². The van der Waals surface area contributed by atoms with Crippen molar-refractivity contribution in [1.29, 1.82) is 0 Å². The number of H-pyrrole nitrogens is 1. The Kier molecular flexibility index (Phi) is 5.66. The summed E-state index contributed by atoms with van der Waals surface area (Å²) in [6.45, 7) is -1.12. The highest BCUT2D eigenvalue weighted by molar-refractivity contribution is 7.90. The van der Waals surface area contributed by atoms with Gasteiger partial charge in [0.2, 0.25) is 0 Å². The van der Waals surface area contributed by atoms with E-state index in [1.807, 2.05) is 0 Å². The normalized spacial score (nSPS) is 12.4. The maximum atomic E-state index is 12.7. The van der Waals surface area contributed by atoms with Gasteiger partial charge in [-0.3, -0.25) is 9.97 Å². The quantitative estimate of drug-likeness (QED) is 0.616. The van der Waals surface area contributed by atoms with E-state index in [0.29, 0.717) is 33.8 Å². The topological polar surface area (TPSA) is 92.3 Å². The van der Waals surface area contributed by atoms with Crippen LogP contribution in [0.5, 0.6) is 17.2 Å². The average Bonchev–Trinajstić information content (AvgIpc) is 3.06. The third-order valence-corrected chi connectivity index (χ3v) is 5.06. The van der Waals surface area contributed by atoms with Crippen LogP contribution in [0.4, 0.5) is 8.78 Å². The Morgan fingerprint density at radius 2 is 2.04 bits per heavy atom. The number of imidazole rings is 1. The van der Waals surface area contributed by atoms with Gasteiger partial charge in [-0.15, -0.1) is 0 Å². The van der Waals surface area contributed by atoms with Gasteiger partial charge < -0.3 is 18.8 Å². The molecule has 0 bridgehead atoms. The van der Waals surface area contributed by atoms with Crippen LogP contribution in [-0.2, 0) is 16.9 Å². The maximum absolute atomic E-state index is 12.7. The number of aromatic nitrogens is 3. The molecule has 2 heterocycles. The molecule has 0 radical (unpaired) electrons. The van der Waals surface area contributed by atoms with Crippen LogP contribution in [0.2, 0.25) is 0 Å². The summed E-state index contributed by atoms with van der Waals surface area (Å²) in [5, 5.41) is 0.218. The molecular weight excluding hydrogens is 380 g/mol. The molecule has 10 heteroatoms. The molecule has 0 saturated carbocycles. The summed E-state index contributed by atoms with van der Waals surface area (Å²) in [5.74, 6) is 1.10. The van der Waals surface area contributed by atoms with Crippen molar-refractivity contribution in [3.05, 3.63) is 35.7 Å². The maximum Gasteiger partial charge on any atom is 0.387 e. The van der Waals surface area contributed by atoms with Gasteiger partial charge in [0.25, 0.3) is 0 Å². The van der Waals surface area contributed by atoms with Crippen molar-refractivity contribution in [1.82, 2.24) is 15.0 Å². The van der Waals surface area contributed by atoms with E-state index in [1.165, 1.54) is 32.5 Å². The predicted molar refractivity (Wildman–Crippen MR) is 94.9 cm³/mol. The molecule has 1 aromatic carbocycles. The fraction of sp³-hybridized carbons (Fsp3) is 0.294. The lowest BCUT2D eigenvalue weighted by atomic mass is 10.2. The number of nitrogens with zero attached hydrogens (tertiary/aromatic N) is 2. The second-order valence-corrected chi connectivity index (χ2v) is 6.89. The molecule has 0 fully saturated rings. The van der Waals surface area contributed by atoms with Crippen molar-refractivity contribution in [2.45, 2.75) is 24.4 Å². The first-order valence-corrected chi connectivity index (χ1v) is 9.14. The van der Waals surface area contributed by atoms with Crippen molar-refractivity contribution in [3.63, 3.8) is 0 Å². The Bertz CT molecular complexity index is 951. The summed E-state index contributed by atoms with van der Waals surface area (Å²) in [7, 11) is 3.03. The molecule has 1 atom stereocenters. The number of alkyl halides is 2. The number of nitrogens with one attached hydrogen (secondary N) is 1. The predicted octanol–water partition coefficient (Wildman–Crippen LogP) is 3.19. The Morgan fingerprint density at radius 1 is 1.26 bits per heavy atom. The lowest BCUT2D eigenvalue weighted by Crippen LogP contribution is -2.10. The van der Waals surface area contributed by atoms with Crippen molar-refractivity contribution in [2.75, 3.05) is 14.2 Å². The van der Waals surface area contributed by atoms with Crippen LogP contribution in [-0.4, -0.2) is 40.3 Å². The fourth-order valence-electron chi connectivity index (χ4n) is 2.59. The van der Waals surface area contributed by atoms with Gasteiger partial charge in [-0.25, -0.2) is 0 Å². The first kappa shape index (κ1) is 19.2. The number of rotatable bonds is 7. The molecule has 0 aliphatic rings. The van der Waals surface area contributed by atoms with Gasteiger partial charge in [-0.05, 0) is 19.1 Å². The van der Waals surface area contributed by atoms with Crippen LogP contribution in [0, 0.1) is 6.92 Å². The third-order valence-electron chi connectivity index (χ3n) is 3.90. The van der Waals surface area contributed by atoms with Crippen molar-refractivity contribution in [3.8, 4) is 17.2 Å². The lowest BCUT2D eigenvalue weighted by Gasteiger charge is -2.14. The van der Waals surface area contributed by atoms with Crippen LogP contribution < -0.4 is 14.2 Å². The number of benzene rings is 1. The van der Waals surface area contributed by atoms with Crippen LogP contribution >= 0.6 is 0 Å². The van der Waals surface area contributed by atoms with Crippen LogP contribution in [0.25, 0.3) is 11.0 Å². The first-order chi connectivity index (χ1) is 12.9. The SMILES string of the molecule is COc1cnc(C[S+]([O-])c2nc3cc(OC(F)F)ccc3[nH]2)c(C)c1OC. The van der Waals surface area contributed by atoms with Gasteiger partial charge >= 0.3 is 11.8 Å². The zero-order chi connectivity index (χ0) is 19.6. The number of fused-ring (bicyclic) bond motifs is 1. The second-order valence-electron chi connectivity index (χ2n) is 5.52. The molecule has 2 aromatic heterocycles. The van der Waals surface area contributed by atoms with Gasteiger partial charge in [-0.1, -0.05) is 0 Å². The number of hydrogen-bond donors (Lipinski definition) is 1. The molecular formula is C17H17F2N3O4S. The molecule has 3 aromatic rings. The molecule has 1 unspecified atom stereocenters. The molecule has 0 spiro atoms. The summed E-state index contributed by atoms with van der Waals surface area (Å²) in [4.78, 5) is 11.4. The van der Waals surface area contributed by atoms with Crippen LogP contribution in [0.15, 0.2) is 29.6 Å². The highest BCUT2D eigenvalue weighted by Gasteiger charge is 2.22. The molecule has 27 heavy (non-hydrogen) atoms. The number of pyridine rings is 1. The van der Waals surface area contributed by atoms with E-state index >= 15 is 0 Å². The molecule has 0 aliphatic carbocycles. The Balaban J connectivity index is 1.85. The largest absolute Gasteiger partial charge is 0.609 e. The lowest BCUT2D eigenvalue weighted by molar-refractivity contribution is -0.0497. The zero-order valence-corrected chi connectivity index (χ0v) is 15.6. The zero-order valence-electron chi connectivity index (χ0n) is 14.8. The summed E-state index contributed by atoms with van der Waals surface area (Å²) >= 11 is -1.53. The van der Waals surface area contributed by atoms with Gasteiger partial charge in [0.1, 0.15) is 5.75 Å². The van der Waals surface area contributed by atoms with E-state index in [2.05, 4.69) is 19.7 Å². The van der Waals surface area contributed by atoms with Gasteiger partial charge in [0, 0.05) is 22.8 Å². The second kappa shape index (κ2) is 7.97. The van der Waals surface area contributed by atoms with Crippen molar-refractivity contribution in [2.24, 2.45) is 0 Å². The van der Waals surface area contributed by atoms with Gasteiger partial charge in [-0.2, -0.15) is 13.8 Å². The monoisotopic (exact) mass is 397 g/mol. The highest BCUT2D eigenvalue weighted by atomic mass is 32.2. The Hall–Kier alpha value is -2.59. The minimum absolute atomic E-state index is 0.0151. The van der Waals surface area contributed by atoms with Gasteiger partial charge in [0.15, 0.2) is 17.3 Å². The highest BCUT2D eigenvalue weighted by Crippen LogP contribution is 2.32. The Morgan fingerprint density at radius 3 is 2.70 bits per heavy atom. The number of methoxy groups -OCH3 is 2. The molecule has 3 rings (SSSR count). The summed E-state index contributed by atoms with van der Waals surface area (Å²) in [5.41, 5.74) is 2.24. The standard InChI is InChI=1S/C17H17F2N3O4S/c1-9-13(20-7-14(24-2)15(9)25-3)8-27(23)17-21-11-5-4-10(26-16(18)19)6-12(11)22-17/h4-7,16H,8H2,1-3H3,(H,21,22). The van der Waals surface area contributed by atoms with Gasteiger partial charge in [0.05, 0.1) is 37.1 Å². The summed E-state index contributed by atoms with van der Waals surface area (Å²) in [6, 6.07) is 4.29. The first-order valence-electron chi connectivity index (χ1n) is 7.82. The molecule has 144 valence electrons. The molecule has 0 aliphatic heterocycles. The smallest absolute Gasteiger partial charge is 0.387 e. The number of hydrogen-bond acceptors (Lipinski definition) is 6. The number of halogens is 2. The van der Waals surface area contributed by atoms with E-state index in [-0.39, 0.29) is 16.7 Å². The van der Waals surface area contributed by atoms with Crippen LogP contribution in [0.1, 0.15) is 11.3 Å². The van der Waals surface area contributed by atoms with E-state index in [0.717, 1.165) is 0 Å². The number of aromatic amines is 1. The third kappa shape index (κ3) is 4.06. The van der Waals surface area contributed by atoms with Crippen molar-refractivity contribution < 1.29 is 27.5 Å². The van der Waals surface area contributed by atoms with E-state index in [9.17, 15) is 13.3 Å². The molecule has 7 nitrogen and oxygen atoms in total. The van der Waals surface area contributed by atoms with Crippen molar-refractivity contribution >= 4 is 22.2 Å². The molecule has 0 saturated heterocycles. The summed E-state index contributed by atoms with van der Waals surface area (Å²) in [6.07, 6.45) is 1.50. The minimum Gasteiger partial charge on any atom is -0.609 e. The average molecular weight is 397 g/mol. The van der Waals surface area contributed by atoms with E-state index in [4.69, 9.17) is 9.47 Å². The van der Waals surface area contributed by atoms with Crippen LogP contribution in [0.3, 0.4) is 0 Å².